The molecule has 1 saturated carbocycles. The molecular formula is C14H19BrClN. The van der Waals surface area contributed by atoms with Crippen LogP contribution in [0.15, 0.2) is 24.3 Å². The fourth-order valence-electron chi connectivity index (χ4n) is 2.61. The van der Waals surface area contributed by atoms with E-state index in [2.05, 4.69) is 33.0 Å². The Labute approximate surface area is 117 Å². The summed E-state index contributed by atoms with van der Waals surface area (Å²) in [5.41, 5.74) is 1.25. The fraction of sp³-hybridized carbons (Fsp3) is 0.571. The van der Waals surface area contributed by atoms with Crippen molar-refractivity contribution >= 4 is 27.5 Å². The molecule has 0 saturated heterocycles. The first-order valence-electron chi connectivity index (χ1n) is 6.34. The summed E-state index contributed by atoms with van der Waals surface area (Å²) >= 11 is 9.79. The lowest BCUT2D eigenvalue weighted by Crippen LogP contribution is -2.34. The Bertz CT molecular complexity index is 350. The summed E-state index contributed by atoms with van der Waals surface area (Å²) in [7, 11) is 0. The van der Waals surface area contributed by atoms with Gasteiger partial charge in [-0.3, -0.25) is 4.90 Å². The van der Waals surface area contributed by atoms with Gasteiger partial charge in [0.2, 0.25) is 0 Å². The molecule has 0 unspecified atom stereocenters. The summed E-state index contributed by atoms with van der Waals surface area (Å²) in [5.74, 6) is 0. The van der Waals surface area contributed by atoms with Crippen LogP contribution >= 0.6 is 27.5 Å². The van der Waals surface area contributed by atoms with E-state index >= 15 is 0 Å². The van der Waals surface area contributed by atoms with Gasteiger partial charge in [-0.2, -0.15) is 0 Å². The minimum absolute atomic E-state index is 0.754. The predicted molar refractivity (Wildman–Crippen MR) is 77.9 cm³/mol. The predicted octanol–water partition coefficient (Wildman–Crippen LogP) is 4.48. The molecular weight excluding hydrogens is 298 g/mol. The van der Waals surface area contributed by atoms with Crippen LogP contribution in [0.5, 0.6) is 0 Å². The number of rotatable bonds is 5. The van der Waals surface area contributed by atoms with Crippen LogP contribution in [-0.2, 0) is 6.54 Å². The highest BCUT2D eigenvalue weighted by Gasteiger charge is 2.22. The van der Waals surface area contributed by atoms with Gasteiger partial charge in [-0.15, -0.1) is 0 Å². The minimum Gasteiger partial charge on any atom is -0.295 e. The van der Waals surface area contributed by atoms with Gasteiger partial charge < -0.3 is 0 Å². The molecule has 3 heteroatoms. The molecule has 0 atom stereocenters. The van der Waals surface area contributed by atoms with Crippen LogP contribution in [-0.4, -0.2) is 22.8 Å². The molecule has 17 heavy (non-hydrogen) atoms. The van der Waals surface area contributed by atoms with Crippen molar-refractivity contribution in [3.8, 4) is 0 Å². The second-order valence-electron chi connectivity index (χ2n) is 4.69. The molecule has 1 aliphatic carbocycles. The van der Waals surface area contributed by atoms with Crippen molar-refractivity contribution in [3.63, 3.8) is 0 Å². The van der Waals surface area contributed by atoms with Gasteiger partial charge in [0, 0.05) is 29.5 Å². The zero-order valence-corrected chi connectivity index (χ0v) is 12.4. The van der Waals surface area contributed by atoms with E-state index in [-0.39, 0.29) is 0 Å². The summed E-state index contributed by atoms with van der Waals surface area (Å²) in [4.78, 5) is 2.57. The SMILES string of the molecule is Clc1ccccc1CN(CCBr)C1CCCC1. The van der Waals surface area contributed by atoms with E-state index in [4.69, 9.17) is 11.6 Å². The molecule has 0 N–H and O–H groups in total. The number of halogens is 2. The second kappa shape index (κ2) is 6.77. The van der Waals surface area contributed by atoms with E-state index < -0.39 is 0 Å². The highest BCUT2D eigenvalue weighted by Crippen LogP contribution is 2.26. The Morgan fingerprint density at radius 3 is 2.59 bits per heavy atom. The summed E-state index contributed by atoms with van der Waals surface area (Å²) in [6, 6.07) is 8.94. The molecule has 1 aliphatic rings. The summed E-state index contributed by atoms with van der Waals surface area (Å²) in [6.45, 7) is 2.09. The number of alkyl halides is 1. The molecule has 0 radical (unpaired) electrons. The zero-order valence-electron chi connectivity index (χ0n) is 10.0. The first-order chi connectivity index (χ1) is 8.31. The average Bonchev–Trinajstić information content (AvgIpc) is 2.85. The molecule has 1 fully saturated rings. The van der Waals surface area contributed by atoms with E-state index in [1.54, 1.807) is 0 Å². The molecule has 0 aliphatic heterocycles. The van der Waals surface area contributed by atoms with Crippen molar-refractivity contribution in [1.82, 2.24) is 4.90 Å². The highest BCUT2D eigenvalue weighted by atomic mass is 79.9. The van der Waals surface area contributed by atoms with Crippen molar-refractivity contribution in [2.75, 3.05) is 11.9 Å². The second-order valence-corrected chi connectivity index (χ2v) is 5.89. The summed E-state index contributed by atoms with van der Waals surface area (Å²) in [6.07, 6.45) is 5.45. The third kappa shape index (κ3) is 3.70. The first kappa shape index (κ1) is 13.4. The van der Waals surface area contributed by atoms with Gasteiger partial charge in [-0.1, -0.05) is 58.6 Å². The Balaban J connectivity index is 2.04. The standard InChI is InChI=1S/C14H19BrClN/c15-9-10-17(13-6-2-3-7-13)11-12-5-1-4-8-14(12)16/h1,4-5,8,13H,2-3,6-7,9-11H2. The maximum atomic E-state index is 6.24. The zero-order chi connectivity index (χ0) is 12.1. The topological polar surface area (TPSA) is 3.24 Å². The lowest BCUT2D eigenvalue weighted by Gasteiger charge is -2.28. The van der Waals surface area contributed by atoms with E-state index in [1.807, 2.05) is 12.1 Å². The molecule has 0 spiro atoms. The van der Waals surface area contributed by atoms with Gasteiger partial charge in [-0.25, -0.2) is 0 Å². The third-order valence-electron chi connectivity index (χ3n) is 3.54. The Hall–Kier alpha value is -0.0500. The van der Waals surface area contributed by atoms with E-state index in [0.29, 0.717) is 0 Å². The number of benzene rings is 1. The minimum atomic E-state index is 0.754. The number of hydrogen-bond acceptors (Lipinski definition) is 1. The number of nitrogens with zero attached hydrogens (tertiary/aromatic N) is 1. The molecule has 0 bridgehead atoms. The molecule has 1 aromatic rings. The molecule has 0 heterocycles. The fourth-order valence-corrected chi connectivity index (χ4v) is 3.27. The van der Waals surface area contributed by atoms with Gasteiger partial charge in [0.1, 0.15) is 0 Å². The van der Waals surface area contributed by atoms with Gasteiger partial charge >= 0.3 is 0 Å². The molecule has 2 rings (SSSR count). The number of hydrogen-bond donors (Lipinski definition) is 0. The van der Waals surface area contributed by atoms with E-state index in [9.17, 15) is 0 Å². The Morgan fingerprint density at radius 1 is 1.24 bits per heavy atom. The van der Waals surface area contributed by atoms with Crippen molar-refractivity contribution in [2.24, 2.45) is 0 Å². The molecule has 1 aromatic carbocycles. The van der Waals surface area contributed by atoms with Crippen LogP contribution in [0, 0.1) is 0 Å². The largest absolute Gasteiger partial charge is 0.295 e. The Kier molecular flexibility index (Phi) is 5.33. The molecule has 1 nitrogen and oxygen atoms in total. The van der Waals surface area contributed by atoms with Crippen molar-refractivity contribution in [3.05, 3.63) is 34.9 Å². The smallest absolute Gasteiger partial charge is 0.0451 e. The van der Waals surface area contributed by atoms with Crippen LogP contribution in [0.25, 0.3) is 0 Å². The molecule has 94 valence electrons. The van der Waals surface area contributed by atoms with E-state index in [1.165, 1.54) is 31.2 Å². The maximum Gasteiger partial charge on any atom is 0.0451 e. The monoisotopic (exact) mass is 315 g/mol. The van der Waals surface area contributed by atoms with Crippen molar-refractivity contribution in [2.45, 2.75) is 38.3 Å². The quantitative estimate of drug-likeness (QED) is 0.724. The van der Waals surface area contributed by atoms with Gasteiger partial charge in [0.15, 0.2) is 0 Å². The van der Waals surface area contributed by atoms with Crippen molar-refractivity contribution < 1.29 is 0 Å². The average molecular weight is 317 g/mol. The van der Waals surface area contributed by atoms with Crippen LogP contribution in [0.2, 0.25) is 5.02 Å². The normalized spacial score (nSPS) is 16.9. The highest BCUT2D eigenvalue weighted by molar-refractivity contribution is 9.09. The maximum absolute atomic E-state index is 6.24. The summed E-state index contributed by atoms with van der Waals surface area (Å²) < 4.78 is 0. The van der Waals surface area contributed by atoms with Crippen LogP contribution in [0.3, 0.4) is 0 Å². The Morgan fingerprint density at radius 2 is 1.94 bits per heavy atom. The van der Waals surface area contributed by atoms with Crippen LogP contribution in [0.4, 0.5) is 0 Å². The third-order valence-corrected chi connectivity index (χ3v) is 4.27. The van der Waals surface area contributed by atoms with Crippen LogP contribution < -0.4 is 0 Å². The lowest BCUT2D eigenvalue weighted by molar-refractivity contribution is 0.202. The molecule has 0 amide bonds. The van der Waals surface area contributed by atoms with Gasteiger partial charge in [0.25, 0.3) is 0 Å². The van der Waals surface area contributed by atoms with Crippen LogP contribution in [0.1, 0.15) is 31.2 Å². The first-order valence-corrected chi connectivity index (χ1v) is 7.84. The molecule has 0 aromatic heterocycles. The van der Waals surface area contributed by atoms with Gasteiger partial charge in [-0.05, 0) is 24.5 Å². The van der Waals surface area contributed by atoms with Crippen molar-refractivity contribution in [1.29, 1.82) is 0 Å². The van der Waals surface area contributed by atoms with Gasteiger partial charge in [0.05, 0.1) is 0 Å². The van der Waals surface area contributed by atoms with E-state index in [0.717, 1.165) is 29.5 Å². The lowest BCUT2D eigenvalue weighted by atomic mass is 10.1. The summed E-state index contributed by atoms with van der Waals surface area (Å²) in [5, 5.41) is 1.93.